The van der Waals surface area contributed by atoms with Crippen LogP contribution in [-0.2, 0) is 32.6 Å². The molecule has 31 heavy (non-hydrogen) atoms. The highest BCUT2D eigenvalue weighted by molar-refractivity contribution is 7.89. The quantitative estimate of drug-likeness (QED) is 0.500. The van der Waals surface area contributed by atoms with E-state index in [1.165, 1.54) is 15.6 Å². The number of aryl methyl sites for hydroxylation is 2. The molecule has 3 aromatic rings. The van der Waals surface area contributed by atoms with E-state index in [0.717, 1.165) is 16.8 Å². The number of nitrogens with zero attached hydrogens (tertiary/aromatic N) is 3. The van der Waals surface area contributed by atoms with E-state index in [1.54, 1.807) is 24.3 Å². The highest BCUT2D eigenvalue weighted by Crippen LogP contribution is 2.25. The second-order valence-corrected chi connectivity index (χ2v) is 10.6. The SMILES string of the molecule is CCCn1c(COC(=O)c2ccc(C)s2)nc2cc(S(=O)(=O)N3CCOCC3)ccc21. The van der Waals surface area contributed by atoms with Crippen molar-refractivity contribution in [3.63, 3.8) is 0 Å². The second-order valence-electron chi connectivity index (χ2n) is 7.33. The molecule has 0 radical (unpaired) electrons. The van der Waals surface area contributed by atoms with E-state index in [0.29, 0.717) is 49.1 Å². The summed E-state index contributed by atoms with van der Waals surface area (Å²) in [6.07, 6.45) is 0.865. The number of rotatable bonds is 7. The number of ether oxygens (including phenoxy) is 2. The van der Waals surface area contributed by atoms with Crippen LogP contribution in [-0.4, -0.2) is 54.5 Å². The summed E-state index contributed by atoms with van der Waals surface area (Å²) in [5.74, 6) is 0.211. The molecule has 3 heterocycles. The summed E-state index contributed by atoms with van der Waals surface area (Å²) in [5.41, 5.74) is 1.39. The maximum absolute atomic E-state index is 13.0. The van der Waals surface area contributed by atoms with E-state index >= 15 is 0 Å². The largest absolute Gasteiger partial charge is 0.453 e. The lowest BCUT2D eigenvalue weighted by atomic mass is 10.3. The maximum Gasteiger partial charge on any atom is 0.348 e. The van der Waals surface area contributed by atoms with Crippen LogP contribution in [0.25, 0.3) is 11.0 Å². The zero-order chi connectivity index (χ0) is 22.0. The summed E-state index contributed by atoms with van der Waals surface area (Å²) in [6.45, 7) is 6.17. The number of morpholine rings is 1. The standard InChI is InChI=1S/C21H25N3O5S2/c1-3-8-24-18-6-5-16(31(26,27)23-9-11-28-12-10-23)13-17(18)22-20(24)14-29-21(25)19-7-4-15(2)30-19/h4-7,13H,3,8-12,14H2,1-2H3. The molecule has 2 aromatic heterocycles. The predicted octanol–water partition coefficient (Wildman–Crippen LogP) is 3.19. The van der Waals surface area contributed by atoms with Crippen LogP contribution in [0.3, 0.4) is 0 Å². The number of carbonyl (C=O) groups excluding carboxylic acids is 1. The number of thiophene rings is 1. The predicted molar refractivity (Wildman–Crippen MR) is 118 cm³/mol. The van der Waals surface area contributed by atoms with Gasteiger partial charge in [0, 0.05) is 24.5 Å². The summed E-state index contributed by atoms with van der Waals surface area (Å²) >= 11 is 1.39. The van der Waals surface area contributed by atoms with Crippen LogP contribution in [0.4, 0.5) is 0 Å². The van der Waals surface area contributed by atoms with Gasteiger partial charge in [-0.05, 0) is 43.7 Å². The number of carbonyl (C=O) groups is 1. The first kappa shape index (κ1) is 21.9. The van der Waals surface area contributed by atoms with Gasteiger partial charge >= 0.3 is 5.97 Å². The fraction of sp³-hybridized carbons (Fsp3) is 0.429. The van der Waals surface area contributed by atoms with Crippen molar-refractivity contribution in [1.82, 2.24) is 13.9 Å². The first-order chi connectivity index (χ1) is 14.9. The van der Waals surface area contributed by atoms with Crippen LogP contribution in [0.2, 0.25) is 0 Å². The molecular formula is C21H25N3O5S2. The van der Waals surface area contributed by atoms with E-state index in [9.17, 15) is 13.2 Å². The van der Waals surface area contributed by atoms with Crippen molar-refractivity contribution in [2.75, 3.05) is 26.3 Å². The molecule has 0 spiro atoms. The smallest absolute Gasteiger partial charge is 0.348 e. The molecule has 0 bridgehead atoms. The monoisotopic (exact) mass is 463 g/mol. The number of fused-ring (bicyclic) bond motifs is 1. The fourth-order valence-electron chi connectivity index (χ4n) is 3.58. The van der Waals surface area contributed by atoms with Crippen molar-refractivity contribution in [3.05, 3.63) is 45.9 Å². The molecule has 4 rings (SSSR count). The maximum atomic E-state index is 13.0. The van der Waals surface area contributed by atoms with Crippen molar-refractivity contribution in [3.8, 4) is 0 Å². The number of sulfonamides is 1. The molecule has 0 amide bonds. The molecule has 0 N–H and O–H groups in total. The molecular weight excluding hydrogens is 438 g/mol. The van der Waals surface area contributed by atoms with Crippen molar-refractivity contribution in [2.24, 2.45) is 0 Å². The van der Waals surface area contributed by atoms with Gasteiger partial charge < -0.3 is 14.0 Å². The first-order valence-corrected chi connectivity index (χ1v) is 12.5. The minimum absolute atomic E-state index is 0.0238. The number of esters is 1. The lowest BCUT2D eigenvalue weighted by molar-refractivity contribution is 0.0464. The van der Waals surface area contributed by atoms with Gasteiger partial charge in [0.2, 0.25) is 10.0 Å². The second kappa shape index (κ2) is 9.07. The number of hydrogen-bond donors (Lipinski definition) is 0. The van der Waals surface area contributed by atoms with E-state index in [2.05, 4.69) is 4.98 Å². The van der Waals surface area contributed by atoms with Crippen molar-refractivity contribution >= 4 is 38.4 Å². The summed E-state index contributed by atoms with van der Waals surface area (Å²) < 4.78 is 40.1. The molecule has 1 aliphatic rings. The van der Waals surface area contributed by atoms with Crippen LogP contribution < -0.4 is 0 Å². The van der Waals surface area contributed by atoms with Gasteiger partial charge in [-0.25, -0.2) is 18.2 Å². The Bertz CT molecular complexity index is 1190. The van der Waals surface area contributed by atoms with E-state index in [1.807, 2.05) is 24.5 Å². The normalized spacial score (nSPS) is 15.4. The lowest BCUT2D eigenvalue weighted by Crippen LogP contribution is -2.40. The zero-order valence-electron chi connectivity index (χ0n) is 17.5. The average Bonchev–Trinajstić information content (AvgIpc) is 3.36. The minimum Gasteiger partial charge on any atom is -0.453 e. The van der Waals surface area contributed by atoms with Crippen LogP contribution >= 0.6 is 11.3 Å². The summed E-state index contributed by atoms with van der Waals surface area (Å²) in [5, 5.41) is 0. The van der Waals surface area contributed by atoms with Crippen LogP contribution in [0.15, 0.2) is 35.2 Å². The first-order valence-electron chi connectivity index (χ1n) is 10.2. The molecule has 8 nitrogen and oxygen atoms in total. The zero-order valence-corrected chi connectivity index (χ0v) is 19.2. The van der Waals surface area contributed by atoms with Gasteiger partial charge in [-0.15, -0.1) is 11.3 Å². The van der Waals surface area contributed by atoms with Crippen LogP contribution in [0.1, 0.15) is 33.7 Å². The van der Waals surface area contributed by atoms with Gasteiger partial charge in [0.15, 0.2) is 0 Å². The third kappa shape index (κ3) is 4.52. The summed E-state index contributed by atoms with van der Waals surface area (Å²) in [6, 6.07) is 8.62. The van der Waals surface area contributed by atoms with E-state index in [-0.39, 0.29) is 17.5 Å². The Labute approximate surface area is 185 Å². The van der Waals surface area contributed by atoms with Crippen molar-refractivity contribution < 1.29 is 22.7 Å². The summed E-state index contributed by atoms with van der Waals surface area (Å²) in [4.78, 5) is 18.7. The third-order valence-corrected chi connectivity index (χ3v) is 8.00. The molecule has 0 saturated carbocycles. The number of aromatic nitrogens is 2. The number of benzene rings is 1. The Morgan fingerprint density at radius 2 is 2.00 bits per heavy atom. The fourth-order valence-corrected chi connectivity index (χ4v) is 5.77. The van der Waals surface area contributed by atoms with Gasteiger partial charge in [0.05, 0.1) is 29.1 Å². The molecule has 0 unspecified atom stereocenters. The van der Waals surface area contributed by atoms with E-state index in [4.69, 9.17) is 9.47 Å². The van der Waals surface area contributed by atoms with Gasteiger partial charge in [0.1, 0.15) is 17.3 Å². The Morgan fingerprint density at radius 3 is 2.68 bits per heavy atom. The summed E-state index contributed by atoms with van der Waals surface area (Å²) in [7, 11) is -3.61. The molecule has 10 heteroatoms. The number of imidazole rings is 1. The molecule has 1 aliphatic heterocycles. The Balaban J connectivity index is 1.61. The molecule has 166 valence electrons. The van der Waals surface area contributed by atoms with Crippen LogP contribution in [0, 0.1) is 6.92 Å². The highest BCUT2D eigenvalue weighted by atomic mass is 32.2. The molecule has 1 fully saturated rings. The number of hydrogen-bond acceptors (Lipinski definition) is 7. The molecule has 1 aromatic carbocycles. The Kier molecular flexibility index (Phi) is 6.42. The van der Waals surface area contributed by atoms with Gasteiger partial charge in [0.25, 0.3) is 0 Å². The topological polar surface area (TPSA) is 90.7 Å². The average molecular weight is 464 g/mol. The van der Waals surface area contributed by atoms with E-state index < -0.39 is 10.0 Å². The van der Waals surface area contributed by atoms with Crippen LogP contribution in [0.5, 0.6) is 0 Å². The third-order valence-electron chi connectivity index (χ3n) is 5.13. The molecule has 0 atom stereocenters. The van der Waals surface area contributed by atoms with Crippen molar-refractivity contribution in [2.45, 2.75) is 38.3 Å². The van der Waals surface area contributed by atoms with Crippen molar-refractivity contribution in [1.29, 1.82) is 0 Å². The molecule has 1 saturated heterocycles. The minimum atomic E-state index is -3.61. The van der Waals surface area contributed by atoms with Gasteiger partial charge in [-0.1, -0.05) is 6.92 Å². The van der Waals surface area contributed by atoms with Gasteiger partial charge in [-0.2, -0.15) is 4.31 Å². The Morgan fingerprint density at radius 1 is 1.23 bits per heavy atom. The Hall–Kier alpha value is -2.27. The lowest BCUT2D eigenvalue weighted by Gasteiger charge is -2.26. The highest BCUT2D eigenvalue weighted by Gasteiger charge is 2.27. The molecule has 0 aliphatic carbocycles. The van der Waals surface area contributed by atoms with Gasteiger partial charge in [-0.3, -0.25) is 0 Å².